The molecule has 0 bridgehead atoms. The van der Waals surface area contributed by atoms with E-state index in [0.29, 0.717) is 10.8 Å². The van der Waals surface area contributed by atoms with Gasteiger partial charge < -0.3 is 15.0 Å². The van der Waals surface area contributed by atoms with Gasteiger partial charge in [0.1, 0.15) is 11.6 Å². The lowest BCUT2D eigenvalue weighted by atomic mass is 10.2. The standard InChI is InChI=1S/C19H21ClFN3OS/c1-25-16-5-2-14(3-6-16)13-23-8-10-24(11-9-23)19(26)22-15-4-7-18(21)17(20)12-15/h2-7,12H,8-11,13H2,1H3,(H,22,26). The summed E-state index contributed by atoms with van der Waals surface area (Å²) >= 11 is 11.3. The summed E-state index contributed by atoms with van der Waals surface area (Å²) in [7, 11) is 1.67. The molecule has 4 nitrogen and oxygen atoms in total. The van der Waals surface area contributed by atoms with Crippen LogP contribution in [0.3, 0.4) is 0 Å². The van der Waals surface area contributed by atoms with Crippen LogP contribution >= 0.6 is 23.8 Å². The van der Waals surface area contributed by atoms with Crippen LogP contribution in [0.1, 0.15) is 5.56 Å². The number of methoxy groups -OCH3 is 1. The minimum atomic E-state index is -0.435. The van der Waals surface area contributed by atoms with Crippen molar-refractivity contribution in [3.05, 3.63) is 58.9 Å². The minimum Gasteiger partial charge on any atom is -0.497 e. The first-order valence-corrected chi connectivity index (χ1v) is 9.20. The summed E-state index contributed by atoms with van der Waals surface area (Å²) in [5.74, 6) is 0.436. The van der Waals surface area contributed by atoms with Gasteiger partial charge in [-0.05, 0) is 48.1 Å². The second-order valence-electron chi connectivity index (χ2n) is 6.17. The number of benzene rings is 2. The lowest BCUT2D eigenvalue weighted by Gasteiger charge is -2.36. The fourth-order valence-electron chi connectivity index (χ4n) is 2.87. The Labute approximate surface area is 163 Å². The van der Waals surface area contributed by atoms with Crippen LogP contribution in [0.25, 0.3) is 0 Å². The summed E-state index contributed by atoms with van der Waals surface area (Å²) in [5.41, 5.74) is 1.96. The monoisotopic (exact) mass is 393 g/mol. The molecule has 1 N–H and O–H groups in total. The first kappa shape index (κ1) is 18.9. The van der Waals surface area contributed by atoms with Gasteiger partial charge in [0, 0.05) is 38.4 Å². The Morgan fingerprint density at radius 2 is 1.85 bits per heavy atom. The summed E-state index contributed by atoms with van der Waals surface area (Å²) in [6, 6.07) is 12.7. The topological polar surface area (TPSA) is 27.7 Å². The molecule has 138 valence electrons. The van der Waals surface area contributed by atoms with Gasteiger partial charge in [-0.3, -0.25) is 4.90 Å². The van der Waals surface area contributed by atoms with Crippen LogP contribution in [-0.4, -0.2) is 48.2 Å². The average molecular weight is 394 g/mol. The summed E-state index contributed by atoms with van der Waals surface area (Å²) < 4.78 is 18.4. The van der Waals surface area contributed by atoms with Crippen molar-refractivity contribution in [2.75, 3.05) is 38.6 Å². The van der Waals surface area contributed by atoms with Crippen molar-refractivity contribution in [2.24, 2.45) is 0 Å². The Hall–Kier alpha value is -1.89. The highest BCUT2D eigenvalue weighted by atomic mass is 35.5. The second-order valence-corrected chi connectivity index (χ2v) is 6.96. The van der Waals surface area contributed by atoms with Gasteiger partial charge in [0.25, 0.3) is 0 Å². The molecule has 1 aliphatic heterocycles. The van der Waals surface area contributed by atoms with Crippen molar-refractivity contribution < 1.29 is 9.13 Å². The summed E-state index contributed by atoms with van der Waals surface area (Å²) in [5, 5.41) is 3.85. The molecule has 2 aromatic carbocycles. The Morgan fingerprint density at radius 3 is 2.46 bits per heavy atom. The number of thiocarbonyl (C=S) groups is 1. The van der Waals surface area contributed by atoms with Gasteiger partial charge in [-0.1, -0.05) is 23.7 Å². The van der Waals surface area contributed by atoms with Crippen molar-refractivity contribution in [1.82, 2.24) is 9.80 Å². The van der Waals surface area contributed by atoms with Gasteiger partial charge >= 0.3 is 0 Å². The quantitative estimate of drug-likeness (QED) is 0.792. The van der Waals surface area contributed by atoms with Crippen molar-refractivity contribution in [3.8, 4) is 5.75 Å². The molecule has 0 spiro atoms. The molecule has 0 unspecified atom stereocenters. The van der Waals surface area contributed by atoms with E-state index in [9.17, 15) is 4.39 Å². The van der Waals surface area contributed by atoms with E-state index in [0.717, 1.165) is 38.5 Å². The number of rotatable bonds is 4. The minimum absolute atomic E-state index is 0.0853. The number of nitrogens with zero attached hydrogens (tertiary/aromatic N) is 2. The number of ether oxygens (including phenoxy) is 1. The molecular weight excluding hydrogens is 373 g/mol. The van der Waals surface area contributed by atoms with E-state index >= 15 is 0 Å². The zero-order valence-electron chi connectivity index (χ0n) is 14.5. The molecule has 0 saturated carbocycles. The number of piperazine rings is 1. The number of hydrogen-bond acceptors (Lipinski definition) is 3. The van der Waals surface area contributed by atoms with Crippen LogP contribution in [0.2, 0.25) is 5.02 Å². The van der Waals surface area contributed by atoms with Crippen molar-refractivity contribution >= 4 is 34.6 Å². The Balaban J connectivity index is 1.49. The zero-order valence-corrected chi connectivity index (χ0v) is 16.1. The normalized spacial score (nSPS) is 15.0. The van der Waals surface area contributed by atoms with Crippen LogP contribution in [0.15, 0.2) is 42.5 Å². The van der Waals surface area contributed by atoms with Gasteiger partial charge in [0.2, 0.25) is 0 Å². The fourth-order valence-corrected chi connectivity index (χ4v) is 3.36. The Morgan fingerprint density at radius 1 is 1.15 bits per heavy atom. The van der Waals surface area contributed by atoms with Crippen molar-refractivity contribution in [1.29, 1.82) is 0 Å². The molecule has 1 saturated heterocycles. The lowest BCUT2D eigenvalue weighted by molar-refractivity contribution is 0.177. The Kier molecular flexibility index (Phi) is 6.29. The van der Waals surface area contributed by atoms with E-state index in [1.54, 1.807) is 19.2 Å². The predicted molar refractivity (Wildman–Crippen MR) is 107 cm³/mol. The first-order valence-electron chi connectivity index (χ1n) is 8.41. The first-order chi connectivity index (χ1) is 12.5. The maximum Gasteiger partial charge on any atom is 0.173 e. The molecule has 0 atom stereocenters. The van der Waals surface area contributed by atoms with Gasteiger partial charge in [-0.25, -0.2) is 4.39 Å². The molecule has 1 fully saturated rings. The molecule has 0 radical (unpaired) electrons. The third-order valence-corrected chi connectivity index (χ3v) is 5.05. The van der Waals surface area contributed by atoms with E-state index in [1.807, 2.05) is 12.1 Å². The maximum absolute atomic E-state index is 13.2. The second kappa shape index (κ2) is 8.66. The molecule has 7 heteroatoms. The molecule has 2 aromatic rings. The molecule has 26 heavy (non-hydrogen) atoms. The van der Waals surface area contributed by atoms with Crippen LogP contribution in [0.5, 0.6) is 5.75 Å². The number of hydrogen-bond donors (Lipinski definition) is 1. The highest BCUT2D eigenvalue weighted by Gasteiger charge is 2.19. The molecular formula is C19H21ClFN3OS. The largest absolute Gasteiger partial charge is 0.497 e. The van der Waals surface area contributed by atoms with E-state index in [4.69, 9.17) is 28.6 Å². The number of anilines is 1. The molecule has 0 aromatic heterocycles. The van der Waals surface area contributed by atoms with Crippen molar-refractivity contribution in [2.45, 2.75) is 6.54 Å². The van der Waals surface area contributed by atoms with E-state index in [2.05, 4.69) is 27.2 Å². The van der Waals surface area contributed by atoms with Crippen LogP contribution in [0.4, 0.5) is 10.1 Å². The van der Waals surface area contributed by atoms with Crippen molar-refractivity contribution in [3.63, 3.8) is 0 Å². The molecule has 1 aliphatic rings. The van der Waals surface area contributed by atoms with Gasteiger partial charge in [-0.15, -0.1) is 0 Å². The smallest absolute Gasteiger partial charge is 0.173 e. The summed E-state index contributed by atoms with van der Waals surface area (Å²) in [6.45, 7) is 4.45. The van der Waals surface area contributed by atoms with Gasteiger partial charge in [0.05, 0.1) is 12.1 Å². The van der Waals surface area contributed by atoms with Gasteiger partial charge in [0.15, 0.2) is 5.11 Å². The molecule has 3 rings (SSSR count). The Bertz CT molecular complexity index is 764. The van der Waals surface area contributed by atoms with Crippen LogP contribution in [-0.2, 0) is 6.54 Å². The zero-order chi connectivity index (χ0) is 18.5. The maximum atomic E-state index is 13.2. The number of nitrogens with one attached hydrogen (secondary N) is 1. The number of halogens is 2. The lowest BCUT2D eigenvalue weighted by Crippen LogP contribution is -2.49. The van der Waals surface area contributed by atoms with Crippen LogP contribution < -0.4 is 10.1 Å². The van der Waals surface area contributed by atoms with Crippen LogP contribution in [0, 0.1) is 5.82 Å². The van der Waals surface area contributed by atoms with E-state index < -0.39 is 5.82 Å². The molecule has 0 aliphatic carbocycles. The summed E-state index contributed by atoms with van der Waals surface area (Å²) in [6.07, 6.45) is 0. The molecule has 0 amide bonds. The van der Waals surface area contributed by atoms with Gasteiger partial charge in [-0.2, -0.15) is 0 Å². The van der Waals surface area contributed by atoms with E-state index in [1.165, 1.54) is 11.6 Å². The SMILES string of the molecule is COc1ccc(CN2CCN(C(=S)Nc3ccc(F)c(Cl)c3)CC2)cc1. The molecule has 1 heterocycles. The third kappa shape index (κ3) is 4.84. The fraction of sp³-hybridized carbons (Fsp3) is 0.316. The highest BCUT2D eigenvalue weighted by Crippen LogP contribution is 2.20. The highest BCUT2D eigenvalue weighted by molar-refractivity contribution is 7.80. The third-order valence-electron chi connectivity index (χ3n) is 4.40. The van der Waals surface area contributed by atoms with E-state index in [-0.39, 0.29) is 5.02 Å². The summed E-state index contributed by atoms with van der Waals surface area (Å²) in [4.78, 5) is 4.52. The average Bonchev–Trinajstić information content (AvgIpc) is 2.66. The predicted octanol–water partition coefficient (Wildman–Crippen LogP) is 4.00.